The molecule has 0 aliphatic carbocycles. The van der Waals surface area contributed by atoms with Crippen molar-refractivity contribution in [2.24, 2.45) is 5.73 Å². The predicted octanol–water partition coefficient (Wildman–Crippen LogP) is 0.651. The molecule has 104 valence electrons. The molecule has 0 aliphatic rings. The number of aromatic nitrogens is 2. The number of hydrogen-bond donors (Lipinski definition) is 1. The molecule has 1 rings (SSSR count). The fourth-order valence-corrected chi connectivity index (χ4v) is 3.08. The summed E-state index contributed by atoms with van der Waals surface area (Å²) < 4.78 is 27.6. The quantitative estimate of drug-likeness (QED) is 0.791. The van der Waals surface area contributed by atoms with Gasteiger partial charge in [0, 0.05) is 25.8 Å². The van der Waals surface area contributed by atoms with Gasteiger partial charge in [-0.15, -0.1) is 0 Å². The Kier molecular flexibility index (Phi) is 5.30. The molecule has 0 spiro atoms. The third kappa shape index (κ3) is 3.30. The number of sulfonamides is 1. The van der Waals surface area contributed by atoms with Crippen LogP contribution in [0.2, 0.25) is 0 Å². The zero-order valence-corrected chi connectivity index (χ0v) is 12.0. The minimum Gasteiger partial charge on any atom is -0.329 e. The van der Waals surface area contributed by atoms with E-state index in [1.54, 1.807) is 11.7 Å². The van der Waals surface area contributed by atoms with Crippen molar-refractivity contribution in [2.45, 2.75) is 44.2 Å². The Bertz CT molecular complexity index is 469. The summed E-state index contributed by atoms with van der Waals surface area (Å²) in [5.74, 6) is 0. The van der Waals surface area contributed by atoms with E-state index < -0.39 is 10.0 Å². The molecule has 0 bridgehead atoms. The second-order valence-electron chi connectivity index (χ2n) is 4.39. The molecule has 0 fully saturated rings. The first kappa shape index (κ1) is 15.1. The third-order valence-electron chi connectivity index (χ3n) is 2.97. The maximum atomic E-state index is 12.3. The first-order valence-electron chi connectivity index (χ1n) is 6.14. The monoisotopic (exact) mass is 274 g/mol. The lowest BCUT2D eigenvalue weighted by Crippen LogP contribution is -2.34. The highest BCUT2D eigenvalue weighted by atomic mass is 32.2. The van der Waals surface area contributed by atoms with Gasteiger partial charge in [-0.05, 0) is 13.3 Å². The highest BCUT2D eigenvalue weighted by molar-refractivity contribution is 7.89. The van der Waals surface area contributed by atoms with Gasteiger partial charge in [0.2, 0.25) is 10.0 Å². The first-order chi connectivity index (χ1) is 8.43. The summed E-state index contributed by atoms with van der Waals surface area (Å²) in [5.41, 5.74) is 5.41. The van der Waals surface area contributed by atoms with E-state index in [1.165, 1.54) is 16.7 Å². The Labute approximate surface area is 109 Å². The van der Waals surface area contributed by atoms with Gasteiger partial charge >= 0.3 is 0 Å². The number of nitrogens with two attached hydrogens (primary N) is 1. The van der Waals surface area contributed by atoms with E-state index in [9.17, 15) is 8.42 Å². The van der Waals surface area contributed by atoms with Crippen LogP contribution in [0, 0.1) is 0 Å². The van der Waals surface area contributed by atoms with Gasteiger partial charge in [0.15, 0.2) is 0 Å². The summed E-state index contributed by atoms with van der Waals surface area (Å²) in [6.45, 7) is 4.90. The van der Waals surface area contributed by atoms with Crippen LogP contribution in [0.5, 0.6) is 0 Å². The summed E-state index contributed by atoms with van der Waals surface area (Å²) in [4.78, 5) is 0.224. The normalized spacial score (nSPS) is 14.1. The fraction of sp³-hybridized carbons (Fsp3) is 0.727. The van der Waals surface area contributed by atoms with Crippen molar-refractivity contribution in [1.82, 2.24) is 14.1 Å². The first-order valence-corrected chi connectivity index (χ1v) is 7.58. The maximum Gasteiger partial charge on any atom is 0.246 e. The van der Waals surface area contributed by atoms with Crippen LogP contribution in [0.1, 0.15) is 26.7 Å². The van der Waals surface area contributed by atoms with Crippen LogP contribution in [0.15, 0.2) is 17.3 Å². The van der Waals surface area contributed by atoms with Gasteiger partial charge in [0.25, 0.3) is 0 Å². The van der Waals surface area contributed by atoms with Crippen molar-refractivity contribution >= 4 is 10.0 Å². The molecule has 1 aromatic rings. The van der Waals surface area contributed by atoms with E-state index in [2.05, 4.69) is 5.10 Å². The largest absolute Gasteiger partial charge is 0.329 e. The van der Waals surface area contributed by atoms with Crippen LogP contribution in [0.4, 0.5) is 0 Å². The Morgan fingerprint density at radius 1 is 1.56 bits per heavy atom. The average molecular weight is 274 g/mol. The molecule has 0 aromatic carbocycles. The number of nitrogens with zero attached hydrogens (tertiary/aromatic N) is 3. The van der Waals surface area contributed by atoms with Crippen LogP contribution in [-0.2, 0) is 16.6 Å². The minimum atomic E-state index is -3.45. The Balaban J connectivity index is 2.90. The van der Waals surface area contributed by atoms with Crippen molar-refractivity contribution < 1.29 is 8.42 Å². The summed E-state index contributed by atoms with van der Waals surface area (Å²) in [6, 6.07) is -0.0159. The Hall–Kier alpha value is -0.920. The second kappa shape index (κ2) is 6.31. The lowest BCUT2D eigenvalue weighted by Gasteiger charge is -2.23. The van der Waals surface area contributed by atoms with Crippen molar-refractivity contribution in [2.75, 3.05) is 13.6 Å². The summed E-state index contributed by atoms with van der Waals surface area (Å²) in [7, 11) is -1.84. The molecule has 6 nitrogen and oxygen atoms in total. The van der Waals surface area contributed by atoms with Crippen molar-refractivity contribution in [3.63, 3.8) is 0 Å². The van der Waals surface area contributed by atoms with Gasteiger partial charge < -0.3 is 5.73 Å². The molecule has 0 amide bonds. The third-order valence-corrected chi connectivity index (χ3v) is 4.90. The van der Waals surface area contributed by atoms with E-state index in [0.29, 0.717) is 13.1 Å². The molecule has 2 N–H and O–H groups in total. The number of rotatable bonds is 7. The van der Waals surface area contributed by atoms with Crippen LogP contribution >= 0.6 is 0 Å². The van der Waals surface area contributed by atoms with E-state index in [4.69, 9.17) is 5.73 Å². The van der Waals surface area contributed by atoms with Crippen LogP contribution < -0.4 is 5.73 Å². The molecule has 1 aromatic heterocycles. The summed E-state index contributed by atoms with van der Waals surface area (Å²) in [5, 5.41) is 3.99. The molecule has 18 heavy (non-hydrogen) atoms. The molecular weight excluding hydrogens is 252 g/mol. The molecule has 0 aliphatic heterocycles. The topological polar surface area (TPSA) is 81.2 Å². The zero-order chi connectivity index (χ0) is 13.8. The van der Waals surface area contributed by atoms with Crippen LogP contribution in [-0.4, -0.2) is 42.1 Å². The van der Waals surface area contributed by atoms with Gasteiger partial charge in [-0.2, -0.15) is 9.40 Å². The van der Waals surface area contributed by atoms with Crippen LogP contribution in [0.3, 0.4) is 0 Å². The van der Waals surface area contributed by atoms with E-state index in [1.807, 2.05) is 13.8 Å². The van der Waals surface area contributed by atoms with Gasteiger partial charge in [0.05, 0.1) is 12.7 Å². The molecule has 1 unspecified atom stereocenters. The van der Waals surface area contributed by atoms with E-state index in [-0.39, 0.29) is 10.9 Å². The summed E-state index contributed by atoms with van der Waals surface area (Å²) >= 11 is 0. The minimum absolute atomic E-state index is 0.0159. The SMILES string of the molecule is CCCC(C)N(C)S(=O)(=O)c1cnn(CCN)c1. The Morgan fingerprint density at radius 2 is 2.22 bits per heavy atom. The van der Waals surface area contributed by atoms with E-state index >= 15 is 0 Å². The van der Waals surface area contributed by atoms with Gasteiger partial charge in [-0.1, -0.05) is 13.3 Å². The highest BCUT2D eigenvalue weighted by Gasteiger charge is 2.26. The molecule has 7 heteroatoms. The van der Waals surface area contributed by atoms with Crippen molar-refractivity contribution in [1.29, 1.82) is 0 Å². The molecule has 0 radical (unpaired) electrons. The molecule has 0 saturated carbocycles. The Morgan fingerprint density at radius 3 is 2.78 bits per heavy atom. The predicted molar refractivity (Wildman–Crippen MR) is 70.6 cm³/mol. The number of hydrogen-bond acceptors (Lipinski definition) is 4. The maximum absolute atomic E-state index is 12.3. The van der Waals surface area contributed by atoms with Crippen LogP contribution in [0.25, 0.3) is 0 Å². The summed E-state index contributed by atoms with van der Waals surface area (Å²) in [6.07, 6.45) is 4.69. The van der Waals surface area contributed by atoms with Gasteiger partial charge in [-0.25, -0.2) is 8.42 Å². The van der Waals surface area contributed by atoms with Gasteiger partial charge in [0.1, 0.15) is 4.90 Å². The lowest BCUT2D eigenvalue weighted by molar-refractivity contribution is 0.368. The highest BCUT2D eigenvalue weighted by Crippen LogP contribution is 2.17. The molecule has 0 saturated heterocycles. The second-order valence-corrected chi connectivity index (χ2v) is 6.38. The standard InChI is InChI=1S/C11H22N4O2S/c1-4-5-10(2)14(3)18(16,17)11-8-13-15(9-11)7-6-12/h8-10H,4-7,12H2,1-3H3. The van der Waals surface area contributed by atoms with E-state index in [0.717, 1.165) is 12.8 Å². The van der Waals surface area contributed by atoms with Gasteiger partial charge in [-0.3, -0.25) is 4.68 Å². The molecule has 1 heterocycles. The van der Waals surface area contributed by atoms with Crippen molar-refractivity contribution in [3.05, 3.63) is 12.4 Å². The molecule has 1 atom stereocenters. The fourth-order valence-electron chi connectivity index (χ4n) is 1.74. The zero-order valence-electron chi connectivity index (χ0n) is 11.2. The smallest absolute Gasteiger partial charge is 0.246 e. The lowest BCUT2D eigenvalue weighted by atomic mass is 10.2. The average Bonchev–Trinajstić information content (AvgIpc) is 2.78. The molecular formula is C11H22N4O2S. The van der Waals surface area contributed by atoms with Crippen molar-refractivity contribution in [3.8, 4) is 0 Å².